The maximum absolute atomic E-state index is 4.07. The zero-order valence-corrected chi connectivity index (χ0v) is 29.4. The molecule has 14 aromatic rings. The van der Waals surface area contributed by atoms with Crippen LogP contribution in [0.5, 0.6) is 0 Å². The van der Waals surface area contributed by atoms with Gasteiger partial charge in [0.25, 0.3) is 0 Å². The van der Waals surface area contributed by atoms with Crippen molar-refractivity contribution in [3.8, 4) is 0 Å². The number of aromatic nitrogens is 5. The Balaban J connectivity index is 1.39. The second-order valence-corrected chi connectivity index (χ2v) is 15.2. The van der Waals surface area contributed by atoms with E-state index >= 15 is 0 Å². The van der Waals surface area contributed by atoms with Crippen molar-refractivity contribution in [1.29, 1.82) is 0 Å². The topological polar surface area (TPSA) is 78.9 Å². The number of H-pyrrole nitrogens is 5. The highest BCUT2D eigenvalue weighted by Gasteiger charge is 2.24. The van der Waals surface area contributed by atoms with E-state index in [2.05, 4.69) is 171 Å². The molecule has 5 N–H and O–H groups in total. The van der Waals surface area contributed by atoms with Crippen LogP contribution in [0.4, 0.5) is 0 Å². The molecule has 14 rings (SSSR count). The van der Waals surface area contributed by atoms with Crippen molar-refractivity contribution in [2.45, 2.75) is 0 Å². The highest BCUT2D eigenvalue weighted by Crippen LogP contribution is 2.49. The number of hydrogen-bond donors (Lipinski definition) is 5. The van der Waals surface area contributed by atoms with E-state index in [1.54, 1.807) is 0 Å². The summed E-state index contributed by atoms with van der Waals surface area (Å²) in [6, 6.07) is 53.3. The molecule has 0 fully saturated rings. The molecule has 6 aromatic heterocycles. The Labute approximate surface area is 310 Å². The predicted octanol–water partition coefficient (Wildman–Crippen LogP) is 13.9. The third kappa shape index (κ3) is 3.40. The summed E-state index contributed by atoms with van der Waals surface area (Å²) in [6.45, 7) is 0. The zero-order chi connectivity index (χ0) is 35.5. The lowest BCUT2D eigenvalue weighted by atomic mass is 9.94. The molecule has 0 aliphatic rings. The van der Waals surface area contributed by atoms with Crippen molar-refractivity contribution in [2.24, 2.45) is 0 Å². The second-order valence-electron chi connectivity index (χ2n) is 15.2. The molecule has 0 amide bonds. The Morgan fingerprint density at radius 3 is 0.855 bits per heavy atom. The van der Waals surface area contributed by atoms with Gasteiger partial charge in [-0.3, -0.25) is 0 Å². The van der Waals surface area contributed by atoms with Gasteiger partial charge < -0.3 is 24.9 Å². The fourth-order valence-corrected chi connectivity index (χ4v) is 10.2. The van der Waals surface area contributed by atoms with Crippen molar-refractivity contribution in [1.82, 2.24) is 24.9 Å². The van der Waals surface area contributed by atoms with Gasteiger partial charge in [0, 0.05) is 108 Å². The maximum atomic E-state index is 4.07. The molecule has 254 valence electrons. The fraction of sp³-hybridized carbons (Fsp3) is 0. The summed E-state index contributed by atoms with van der Waals surface area (Å²) in [7, 11) is 0. The number of nitrogens with one attached hydrogen (secondary N) is 5. The van der Waals surface area contributed by atoms with Gasteiger partial charge in [0.1, 0.15) is 0 Å². The van der Waals surface area contributed by atoms with Gasteiger partial charge in [0.05, 0.1) is 33.1 Å². The lowest BCUT2D eigenvalue weighted by Gasteiger charge is -2.06. The van der Waals surface area contributed by atoms with Crippen molar-refractivity contribution in [2.75, 3.05) is 0 Å². The number of aromatic amines is 5. The summed E-state index contributed by atoms with van der Waals surface area (Å²) >= 11 is 0. The highest BCUT2D eigenvalue weighted by atomic mass is 14.8. The lowest BCUT2D eigenvalue weighted by molar-refractivity contribution is 1.56. The van der Waals surface area contributed by atoms with Gasteiger partial charge in [0.15, 0.2) is 0 Å². The standard InChI is InChI=1S/C50H29N5/c1-3-13-27-25(11-1)37-21-22-38(51-37)26-12-2-4-14-28(26)40-24-36-42-44-43-41-35-23-39(27)52-45(35)29-15-5-7-17-31(29)47(41)54-49(43)33-19-9-10-20-34(33)50(44)55-48(42)32-18-8-6-16-30(32)46(36)53-40/h1-24,51-55H. The van der Waals surface area contributed by atoms with E-state index in [1.807, 2.05) is 0 Å². The maximum Gasteiger partial charge on any atom is 0.0552 e. The predicted molar refractivity (Wildman–Crippen MR) is 235 cm³/mol. The Morgan fingerprint density at radius 1 is 0.200 bits per heavy atom. The van der Waals surface area contributed by atoms with Gasteiger partial charge in [0.2, 0.25) is 0 Å². The minimum atomic E-state index is 1.08. The largest absolute Gasteiger partial charge is 0.355 e. The van der Waals surface area contributed by atoms with Crippen LogP contribution in [0.1, 0.15) is 0 Å². The van der Waals surface area contributed by atoms with Crippen LogP contribution < -0.4 is 0 Å². The van der Waals surface area contributed by atoms with Gasteiger partial charge in [-0.05, 0) is 24.3 Å². The zero-order valence-electron chi connectivity index (χ0n) is 29.4. The highest BCUT2D eigenvalue weighted by molar-refractivity contribution is 6.46. The van der Waals surface area contributed by atoms with Gasteiger partial charge in [-0.1, -0.05) is 121 Å². The van der Waals surface area contributed by atoms with Crippen molar-refractivity contribution >= 4 is 141 Å². The van der Waals surface area contributed by atoms with Crippen LogP contribution in [0.15, 0.2) is 146 Å². The van der Waals surface area contributed by atoms with Crippen LogP contribution in [-0.4, -0.2) is 24.9 Å². The van der Waals surface area contributed by atoms with Gasteiger partial charge in [-0.2, -0.15) is 0 Å². The van der Waals surface area contributed by atoms with Gasteiger partial charge >= 0.3 is 0 Å². The first kappa shape index (κ1) is 28.1. The molecule has 0 aliphatic carbocycles. The third-order valence-corrected chi connectivity index (χ3v) is 12.5. The third-order valence-electron chi connectivity index (χ3n) is 12.5. The van der Waals surface area contributed by atoms with E-state index in [4.69, 9.17) is 0 Å². The molecule has 0 aliphatic heterocycles. The Morgan fingerprint density at radius 2 is 0.491 bits per heavy atom. The molecule has 0 radical (unpaired) electrons. The summed E-state index contributed by atoms with van der Waals surface area (Å²) in [5, 5.41) is 19.3. The van der Waals surface area contributed by atoms with Crippen LogP contribution in [0.25, 0.3) is 141 Å². The molecule has 8 aromatic carbocycles. The second kappa shape index (κ2) is 9.72. The van der Waals surface area contributed by atoms with E-state index < -0.39 is 0 Å². The molecule has 0 spiro atoms. The first-order chi connectivity index (χ1) is 27.3. The van der Waals surface area contributed by atoms with E-state index in [-0.39, 0.29) is 0 Å². The summed E-state index contributed by atoms with van der Waals surface area (Å²) in [5.41, 5.74) is 11.3. The van der Waals surface area contributed by atoms with Gasteiger partial charge in [-0.15, -0.1) is 0 Å². The molecule has 0 saturated heterocycles. The summed E-state index contributed by atoms with van der Waals surface area (Å²) in [4.78, 5) is 19.9. The Kier molecular flexibility index (Phi) is 4.96. The van der Waals surface area contributed by atoms with Crippen molar-refractivity contribution < 1.29 is 0 Å². The molecular formula is C50H29N5. The molecule has 6 heterocycles. The van der Waals surface area contributed by atoms with E-state index in [9.17, 15) is 0 Å². The average molecular weight is 700 g/mol. The van der Waals surface area contributed by atoms with Gasteiger partial charge in [-0.25, -0.2) is 0 Å². The minimum absolute atomic E-state index is 1.08. The molecular weight excluding hydrogens is 671 g/mol. The minimum Gasteiger partial charge on any atom is -0.355 e. The lowest BCUT2D eigenvalue weighted by Crippen LogP contribution is -1.81. The molecule has 6 bridgehead atoms. The Hall–Kier alpha value is -7.50. The molecule has 0 atom stereocenters. The fourth-order valence-electron chi connectivity index (χ4n) is 10.2. The van der Waals surface area contributed by atoms with E-state index in [0.29, 0.717) is 0 Å². The van der Waals surface area contributed by atoms with Crippen LogP contribution in [0, 0.1) is 0 Å². The number of rotatable bonds is 0. The SMILES string of the molecule is c1ccc2c3cc4c([nH]3)c3ccccc3c3[nH]c5c6ccccc6c6[nH]c7c8ccccc8c8[nH]c(cc8c7c6c5c43)c3ccccc3c3ccc([nH]3)c2c1. The smallest absolute Gasteiger partial charge is 0.0552 e. The molecule has 55 heavy (non-hydrogen) atoms. The molecule has 5 heteroatoms. The first-order valence-corrected chi connectivity index (χ1v) is 19.0. The van der Waals surface area contributed by atoms with Crippen LogP contribution in [0.2, 0.25) is 0 Å². The van der Waals surface area contributed by atoms with E-state index in [1.165, 1.54) is 75.7 Å². The summed E-state index contributed by atoms with van der Waals surface area (Å²) in [5.74, 6) is 0. The number of fused-ring (bicyclic) bond motifs is 19. The molecule has 0 saturated carbocycles. The first-order valence-electron chi connectivity index (χ1n) is 19.0. The molecule has 5 nitrogen and oxygen atoms in total. The number of benzene rings is 8. The van der Waals surface area contributed by atoms with Crippen LogP contribution >= 0.6 is 0 Å². The van der Waals surface area contributed by atoms with E-state index in [0.717, 1.165) is 65.7 Å². The quantitative estimate of drug-likeness (QED) is 0.104. The van der Waals surface area contributed by atoms with Crippen LogP contribution in [0.3, 0.4) is 0 Å². The Bertz CT molecular complexity index is 3790. The van der Waals surface area contributed by atoms with Crippen LogP contribution in [-0.2, 0) is 0 Å². The average Bonchev–Trinajstić information content (AvgIpc) is 4.08. The molecule has 0 unspecified atom stereocenters. The normalized spacial score (nSPS) is 12.7. The monoisotopic (exact) mass is 699 g/mol. The van der Waals surface area contributed by atoms with Crippen molar-refractivity contribution in [3.63, 3.8) is 0 Å². The number of hydrogen-bond acceptors (Lipinski definition) is 0. The summed E-state index contributed by atoms with van der Waals surface area (Å²) < 4.78 is 0. The summed E-state index contributed by atoms with van der Waals surface area (Å²) in [6.07, 6.45) is 0. The van der Waals surface area contributed by atoms with Crippen molar-refractivity contribution in [3.05, 3.63) is 146 Å².